The molecule has 0 bridgehead atoms. The quantitative estimate of drug-likeness (QED) is 0.346. The van der Waals surface area contributed by atoms with Crippen molar-refractivity contribution in [2.75, 3.05) is 5.32 Å². The van der Waals surface area contributed by atoms with Crippen molar-refractivity contribution in [3.8, 4) is 11.1 Å². The lowest BCUT2D eigenvalue weighted by atomic mass is 9.76. The van der Waals surface area contributed by atoms with Crippen LogP contribution in [0.15, 0.2) is 84.9 Å². The second-order valence-corrected chi connectivity index (χ2v) is 7.46. The van der Waals surface area contributed by atoms with Crippen LogP contribution in [-0.2, 0) is 0 Å². The molecule has 3 aromatic rings. The number of nitro groups is 1. The van der Waals surface area contributed by atoms with E-state index in [1.54, 1.807) is 18.2 Å². The predicted molar refractivity (Wildman–Crippen MR) is 111 cm³/mol. The number of anilines is 1. The number of hydrogen-bond donors (Lipinski definition) is 1. The number of non-ortho nitro benzene ring substituents is 1. The van der Waals surface area contributed by atoms with Crippen LogP contribution in [0.1, 0.15) is 29.5 Å². The third kappa shape index (κ3) is 2.69. The first kappa shape index (κ1) is 16.8. The third-order valence-electron chi connectivity index (χ3n) is 5.92. The van der Waals surface area contributed by atoms with Crippen LogP contribution in [0.25, 0.3) is 11.1 Å². The maximum absolute atomic E-state index is 11.3. The molecule has 1 aliphatic heterocycles. The number of para-hydroxylation sites is 1. The molecule has 1 heterocycles. The Hall–Kier alpha value is -3.40. The van der Waals surface area contributed by atoms with E-state index in [1.165, 1.54) is 16.7 Å². The fourth-order valence-corrected chi connectivity index (χ4v) is 4.64. The Morgan fingerprint density at radius 2 is 1.79 bits per heavy atom. The molecule has 0 saturated carbocycles. The normalized spacial score (nSPS) is 22.2. The zero-order chi connectivity index (χ0) is 19.1. The molecular formula is C24H20N2O2. The van der Waals surface area contributed by atoms with Crippen molar-refractivity contribution in [1.29, 1.82) is 0 Å². The third-order valence-corrected chi connectivity index (χ3v) is 5.92. The molecule has 4 heteroatoms. The molecule has 5 rings (SSSR count). The van der Waals surface area contributed by atoms with Gasteiger partial charge in [0.25, 0.3) is 5.69 Å². The molecule has 0 saturated heterocycles. The summed E-state index contributed by atoms with van der Waals surface area (Å²) in [6.07, 6.45) is 5.51. The highest BCUT2D eigenvalue weighted by molar-refractivity contribution is 5.82. The summed E-state index contributed by atoms with van der Waals surface area (Å²) < 4.78 is 0. The van der Waals surface area contributed by atoms with E-state index in [9.17, 15) is 10.1 Å². The van der Waals surface area contributed by atoms with Crippen LogP contribution in [0.5, 0.6) is 0 Å². The molecule has 2 aliphatic rings. The molecule has 138 valence electrons. The maximum atomic E-state index is 11.3. The van der Waals surface area contributed by atoms with Crippen molar-refractivity contribution in [3.05, 3.63) is 106 Å². The van der Waals surface area contributed by atoms with Gasteiger partial charge in [0.2, 0.25) is 0 Å². The van der Waals surface area contributed by atoms with Gasteiger partial charge in [0.15, 0.2) is 0 Å². The fourth-order valence-electron chi connectivity index (χ4n) is 4.64. The minimum Gasteiger partial charge on any atom is -0.377 e. The molecule has 0 unspecified atom stereocenters. The number of nitrogens with one attached hydrogen (secondary N) is 1. The van der Waals surface area contributed by atoms with Gasteiger partial charge < -0.3 is 5.32 Å². The van der Waals surface area contributed by atoms with Crippen LogP contribution in [0.2, 0.25) is 0 Å². The molecular weight excluding hydrogens is 348 g/mol. The zero-order valence-corrected chi connectivity index (χ0v) is 15.3. The van der Waals surface area contributed by atoms with Crippen molar-refractivity contribution in [2.45, 2.75) is 18.4 Å². The first-order chi connectivity index (χ1) is 13.7. The van der Waals surface area contributed by atoms with Gasteiger partial charge in [0.05, 0.1) is 11.0 Å². The summed E-state index contributed by atoms with van der Waals surface area (Å²) in [7, 11) is 0. The number of nitrogens with zero attached hydrogens (tertiary/aromatic N) is 1. The van der Waals surface area contributed by atoms with Crippen molar-refractivity contribution < 1.29 is 4.92 Å². The summed E-state index contributed by atoms with van der Waals surface area (Å²) in [5.41, 5.74) is 5.91. The molecule has 0 radical (unpaired) electrons. The van der Waals surface area contributed by atoms with E-state index in [0.717, 1.165) is 17.7 Å². The molecule has 4 nitrogen and oxygen atoms in total. The predicted octanol–water partition coefficient (Wildman–Crippen LogP) is 6.09. The van der Waals surface area contributed by atoms with Gasteiger partial charge in [-0.2, -0.15) is 0 Å². The van der Waals surface area contributed by atoms with Crippen LogP contribution in [0, 0.1) is 16.0 Å². The van der Waals surface area contributed by atoms with E-state index in [0.29, 0.717) is 11.8 Å². The average molecular weight is 368 g/mol. The Morgan fingerprint density at radius 3 is 2.61 bits per heavy atom. The minimum atomic E-state index is -0.319. The fraction of sp³-hybridized carbons (Fsp3) is 0.167. The highest BCUT2D eigenvalue weighted by Gasteiger charge is 2.39. The van der Waals surface area contributed by atoms with Crippen LogP contribution in [-0.4, -0.2) is 4.92 Å². The van der Waals surface area contributed by atoms with Gasteiger partial charge in [0.1, 0.15) is 0 Å². The van der Waals surface area contributed by atoms with Gasteiger partial charge in [0, 0.05) is 29.3 Å². The lowest BCUT2D eigenvalue weighted by Crippen LogP contribution is -2.29. The van der Waals surface area contributed by atoms with E-state index in [2.05, 4.69) is 47.8 Å². The van der Waals surface area contributed by atoms with E-state index >= 15 is 0 Å². The number of benzene rings is 3. The number of fused-ring (bicyclic) bond motifs is 3. The highest BCUT2D eigenvalue weighted by atomic mass is 16.6. The summed E-state index contributed by atoms with van der Waals surface area (Å²) in [6.45, 7) is 0. The van der Waals surface area contributed by atoms with E-state index in [-0.39, 0.29) is 16.7 Å². The first-order valence-electron chi connectivity index (χ1n) is 9.58. The van der Waals surface area contributed by atoms with Crippen LogP contribution >= 0.6 is 0 Å². The molecule has 0 fully saturated rings. The van der Waals surface area contributed by atoms with Crippen molar-refractivity contribution in [1.82, 2.24) is 0 Å². The molecule has 0 spiro atoms. The Bertz CT molecular complexity index is 1070. The molecule has 0 amide bonds. The lowest BCUT2D eigenvalue weighted by Gasteiger charge is -2.38. The lowest BCUT2D eigenvalue weighted by molar-refractivity contribution is -0.384. The van der Waals surface area contributed by atoms with E-state index < -0.39 is 0 Å². The molecule has 1 aliphatic carbocycles. The average Bonchev–Trinajstić information content (AvgIpc) is 3.23. The molecule has 28 heavy (non-hydrogen) atoms. The van der Waals surface area contributed by atoms with E-state index in [4.69, 9.17) is 0 Å². The van der Waals surface area contributed by atoms with Gasteiger partial charge in [-0.15, -0.1) is 0 Å². The summed E-state index contributed by atoms with van der Waals surface area (Å²) in [5, 5.41) is 15.0. The Balaban J connectivity index is 1.64. The summed E-state index contributed by atoms with van der Waals surface area (Å²) >= 11 is 0. The van der Waals surface area contributed by atoms with Crippen LogP contribution in [0.3, 0.4) is 0 Å². The highest BCUT2D eigenvalue weighted by Crippen LogP contribution is 2.52. The second-order valence-electron chi connectivity index (χ2n) is 7.46. The van der Waals surface area contributed by atoms with Crippen molar-refractivity contribution >= 4 is 11.4 Å². The second kappa shape index (κ2) is 6.64. The topological polar surface area (TPSA) is 55.2 Å². The van der Waals surface area contributed by atoms with Gasteiger partial charge in [-0.25, -0.2) is 0 Å². The van der Waals surface area contributed by atoms with Crippen LogP contribution in [0.4, 0.5) is 11.4 Å². The number of allylic oxidation sites excluding steroid dienone is 2. The maximum Gasteiger partial charge on any atom is 0.269 e. The van der Waals surface area contributed by atoms with Gasteiger partial charge in [-0.1, -0.05) is 72.8 Å². The van der Waals surface area contributed by atoms with Crippen molar-refractivity contribution in [3.63, 3.8) is 0 Å². The van der Waals surface area contributed by atoms with Crippen LogP contribution < -0.4 is 5.32 Å². The monoisotopic (exact) mass is 368 g/mol. The molecule has 1 N–H and O–H groups in total. The summed E-state index contributed by atoms with van der Waals surface area (Å²) in [5.74, 6) is 0.685. The number of hydrogen-bond acceptors (Lipinski definition) is 3. The Morgan fingerprint density at radius 1 is 0.964 bits per heavy atom. The number of rotatable bonds is 3. The van der Waals surface area contributed by atoms with Gasteiger partial charge in [-0.3, -0.25) is 10.1 Å². The van der Waals surface area contributed by atoms with Crippen molar-refractivity contribution in [2.24, 2.45) is 5.92 Å². The largest absolute Gasteiger partial charge is 0.377 e. The smallest absolute Gasteiger partial charge is 0.269 e. The summed E-state index contributed by atoms with van der Waals surface area (Å²) in [6, 6.07) is 23.9. The minimum absolute atomic E-state index is 0.0391. The molecule has 0 aromatic heterocycles. The van der Waals surface area contributed by atoms with Gasteiger partial charge >= 0.3 is 0 Å². The molecule has 3 atom stereocenters. The summed E-state index contributed by atoms with van der Waals surface area (Å²) in [4.78, 5) is 11.0. The van der Waals surface area contributed by atoms with E-state index in [1.807, 2.05) is 24.3 Å². The van der Waals surface area contributed by atoms with Gasteiger partial charge in [-0.05, 0) is 29.0 Å². The standard InChI is InChI=1S/C24H20N2O2/c27-26(28)18-10-4-9-17(15-18)23-21-13-6-12-20(21)22-14-5-11-19(24(22)25-23)16-7-2-1-3-8-16/h1-12,14-15,20-21,23,25H,13H2/t20-,21-,23+/m1/s1. The number of nitro benzene ring substituents is 1. The zero-order valence-electron chi connectivity index (χ0n) is 15.3. The first-order valence-corrected chi connectivity index (χ1v) is 9.58. The Kier molecular flexibility index (Phi) is 3.97. The SMILES string of the molecule is O=[N+]([O-])c1cccc([C@@H]2Nc3c(-c4ccccc4)cccc3[C@@H]3C=CC[C@H]32)c1. The Labute approximate surface area is 163 Å². The molecule has 3 aromatic carbocycles.